The van der Waals surface area contributed by atoms with E-state index in [1.54, 1.807) is 0 Å². The van der Waals surface area contributed by atoms with E-state index in [1.807, 2.05) is 0 Å². The van der Waals surface area contributed by atoms with E-state index in [-0.39, 0.29) is 0 Å². The molecule has 9 heavy (non-hydrogen) atoms. The molecule has 1 saturated carbocycles. The van der Waals surface area contributed by atoms with E-state index < -0.39 is 0 Å². The van der Waals surface area contributed by atoms with Crippen LogP contribution >= 0.6 is 0 Å². The summed E-state index contributed by atoms with van der Waals surface area (Å²) in [7, 11) is 0. The molecule has 0 aromatic rings. The first-order chi connectivity index (χ1) is 4.47. The Morgan fingerprint density at radius 2 is 1.56 bits per heavy atom. The van der Waals surface area contributed by atoms with Crippen molar-refractivity contribution in [1.29, 1.82) is 0 Å². The fraction of sp³-hybridized carbons (Fsp3) is 0.667. The summed E-state index contributed by atoms with van der Waals surface area (Å²) < 4.78 is 0. The molecule has 2 aliphatic carbocycles. The molecule has 0 radical (unpaired) electrons. The van der Waals surface area contributed by atoms with Crippen LogP contribution in [0.3, 0.4) is 0 Å². The van der Waals surface area contributed by atoms with E-state index in [4.69, 9.17) is 0 Å². The molecule has 0 N–H and O–H groups in total. The van der Waals surface area contributed by atoms with Crippen molar-refractivity contribution in [2.75, 3.05) is 0 Å². The lowest BCUT2D eigenvalue weighted by molar-refractivity contribution is 0.346. The van der Waals surface area contributed by atoms with Gasteiger partial charge in [-0.15, -0.1) is 5.73 Å². The van der Waals surface area contributed by atoms with Crippen molar-refractivity contribution in [3.8, 4) is 0 Å². The van der Waals surface area contributed by atoms with E-state index in [9.17, 15) is 0 Å². The van der Waals surface area contributed by atoms with E-state index in [1.165, 1.54) is 25.7 Å². The zero-order valence-electron chi connectivity index (χ0n) is 5.64. The van der Waals surface area contributed by atoms with E-state index >= 15 is 0 Å². The molecule has 0 aromatic carbocycles. The summed E-state index contributed by atoms with van der Waals surface area (Å²) in [6.07, 6.45) is 10.2. The second-order valence-corrected chi connectivity index (χ2v) is 3.11. The maximum absolute atomic E-state index is 3.21. The summed E-state index contributed by atoms with van der Waals surface area (Å²) in [4.78, 5) is 0. The van der Waals surface area contributed by atoms with Gasteiger partial charge in [0.25, 0.3) is 0 Å². The highest BCUT2D eigenvalue weighted by Crippen LogP contribution is 2.33. The van der Waals surface area contributed by atoms with Gasteiger partial charge in [0.15, 0.2) is 0 Å². The lowest BCUT2D eigenvalue weighted by atomic mass is 9.82. The molecule has 0 amide bonds. The minimum atomic E-state index is 0.874. The predicted octanol–water partition coefficient (Wildman–Crippen LogP) is 2.52. The third kappa shape index (κ3) is 0.840. The lowest BCUT2D eigenvalue weighted by Crippen LogP contribution is -2.12. The topological polar surface area (TPSA) is 0 Å². The molecule has 0 heteroatoms. The highest BCUT2D eigenvalue weighted by atomic mass is 14.3. The third-order valence-corrected chi connectivity index (χ3v) is 2.50. The van der Waals surface area contributed by atoms with Gasteiger partial charge in [0.05, 0.1) is 0 Å². The molecule has 0 nitrogen and oxygen atoms in total. The van der Waals surface area contributed by atoms with Crippen LogP contribution in [-0.4, -0.2) is 0 Å². The van der Waals surface area contributed by atoms with Crippen LogP contribution in [0.5, 0.6) is 0 Å². The average molecular weight is 120 g/mol. The Morgan fingerprint density at radius 3 is 2.11 bits per heavy atom. The Balaban J connectivity index is 2.09. The molecule has 0 spiro atoms. The van der Waals surface area contributed by atoms with Gasteiger partial charge >= 0.3 is 0 Å². The predicted molar refractivity (Wildman–Crippen MR) is 38.1 cm³/mol. The van der Waals surface area contributed by atoms with Gasteiger partial charge in [-0.1, -0.05) is 12.8 Å². The summed E-state index contributed by atoms with van der Waals surface area (Å²) in [6.45, 7) is 0. The molecule has 1 fully saturated rings. The molecule has 2 rings (SSSR count). The standard InChI is InChI=1S/C9H12/c1-2-5-9-7-3-6-8(9)4-1/h6-9H,1-2,4-5H2. The van der Waals surface area contributed by atoms with Gasteiger partial charge < -0.3 is 0 Å². The molecule has 0 aromatic heterocycles. The third-order valence-electron chi connectivity index (χ3n) is 2.50. The molecular formula is C9H12. The van der Waals surface area contributed by atoms with E-state index in [2.05, 4.69) is 17.9 Å². The SMILES string of the molecule is C1=CC2CCCCC2C=1. The van der Waals surface area contributed by atoms with E-state index in [0.29, 0.717) is 0 Å². The van der Waals surface area contributed by atoms with Crippen molar-refractivity contribution in [1.82, 2.24) is 0 Å². The Hall–Kier alpha value is -0.480. The van der Waals surface area contributed by atoms with Gasteiger partial charge in [-0.2, -0.15) is 0 Å². The van der Waals surface area contributed by atoms with Gasteiger partial charge in [0.1, 0.15) is 0 Å². The molecule has 0 aliphatic heterocycles. The number of hydrogen-bond acceptors (Lipinski definition) is 0. The Bertz CT molecular complexity index is 145. The van der Waals surface area contributed by atoms with Crippen LogP contribution in [0.4, 0.5) is 0 Å². The molecule has 0 heterocycles. The van der Waals surface area contributed by atoms with Gasteiger partial charge in [-0.05, 0) is 36.8 Å². The maximum atomic E-state index is 3.21. The lowest BCUT2D eigenvalue weighted by Gasteiger charge is -2.22. The minimum Gasteiger partial charge on any atom is -0.129 e. The van der Waals surface area contributed by atoms with Gasteiger partial charge in [-0.25, -0.2) is 0 Å². The van der Waals surface area contributed by atoms with Crippen LogP contribution in [-0.2, 0) is 0 Å². The maximum Gasteiger partial charge on any atom is -0.00885 e. The summed E-state index contributed by atoms with van der Waals surface area (Å²) in [5.41, 5.74) is 3.21. The number of fused-ring (bicyclic) bond motifs is 1. The van der Waals surface area contributed by atoms with Crippen LogP contribution < -0.4 is 0 Å². The molecule has 48 valence electrons. The second kappa shape index (κ2) is 2.04. The van der Waals surface area contributed by atoms with E-state index in [0.717, 1.165) is 11.8 Å². The summed E-state index contributed by atoms with van der Waals surface area (Å²) in [5.74, 6) is 1.75. The fourth-order valence-corrected chi connectivity index (χ4v) is 1.90. The first-order valence-electron chi connectivity index (χ1n) is 3.89. The summed E-state index contributed by atoms with van der Waals surface area (Å²) >= 11 is 0. The molecule has 2 atom stereocenters. The Labute approximate surface area is 56.3 Å². The van der Waals surface area contributed by atoms with Crippen molar-refractivity contribution in [2.45, 2.75) is 25.7 Å². The fourth-order valence-electron chi connectivity index (χ4n) is 1.90. The van der Waals surface area contributed by atoms with Crippen molar-refractivity contribution in [3.63, 3.8) is 0 Å². The highest BCUT2D eigenvalue weighted by molar-refractivity contribution is 5.07. The van der Waals surface area contributed by atoms with Crippen molar-refractivity contribution < 1.29 is 0 Å². The van der Waals surface area contributed by atoms with Gasteiger partial charge in [-0.3, -0.25) is 0 Å². The van der Waals surface area contributed by atoms with Crippen LogP contribution in [0, 0.1) is 11.8 Å². The molecule has 0 saturated heterocycles. The van der Waals surface area contributed by atoms with Crippen molar-refractivity contribution >= 4 is 0 Å². The number of rotatable bonds is 0. The Morgan fingerprint density at radius 1 is 1.00 bits per heavy atom. The van der Waals surface area contributed by atoms with Crippen LogP contribution in [0.2, 0.25) is 0 Å². The smallest absolute Gasteiger partial charge is 0.00885 e. The molecule has 2 aliphatic rings. The highest BCUT2D eigenvalue weighted by Gasteiger charge is 2.22. The van der Waals surface area contributed by atoms with Crippen molar-refractivity contribution in [3.05, 3.63) is 17.9 Å². The van der Waals surface area contributed by atoms with Crippen LogP contribution in [0.15, 0.2) is 17.9 Å². The van der Waals surface area contributed by atoms with Crippen molar-refractivity contribution in [2.24, 2.45) is 11.8 Å². The molecule has 0 bridgehead atoms. The zero-order valence-corrected chi connectivity index (χ0v) is 5.64. The first kappa shape index (κ1) is 5.32. The van der Waals surface area contributed by atoms with Gasteiger partial charge in [0, 0.05) is 0 Å². The summed E-state index contributed by atoms with van der Waals surface area (Å²) in [5, 5.41) is 0. The average Bonchev–Trinajstić information content (AvgIpc) is 2.33. The quantitative estimate of drug-likeness (QED) is 0.431. The largest absolute Gasteiger partial charge is 0.129 e. The monoisotopic (exact) mass is 120 g/mol. The first-order valence-corrected chi connectivity index (χ1v) is 3.89. The summed E-state index contributed by atoms with van der Waals surface area (Å²) in [6, 6.07) is 0. The number of allylic oxidation sites excluding steroid dienone is 1. The van der Waals surface area contributed by atoms with Crippen LogP contribution in [0.1, 0.15) is 25.7 Å². The molecule has 2 unspecified atom stereocenters. The normalized spacial score (nSPS) is 39.1. The second-order valence-electron chi connectivity index (χ2n) is 3.11. The number of hydrogen-bond donors (Lipinski definition) is 0. The van der Waals surface area contributed by atoms with Gasteiger partial charge in [0.2, 0.25) is 0 Å². The van der Waals surface area contributed by atoms with Crippen LogP contribution in [0.25, 0.3) is 0 Å². The zero-order chi connectivity index (χ0) is 6.10. The minimum absolute atomic E-state index is 0.874. The molecular weight excluding hydrogens is 108 g/mol. The Kier molecular flexibility index (Phi) is 1.20.